The second-order valence-electron chi connectivity index (χ2n) is 6.39. The number of esters is 1. The van der Waals surface area contributed by atoms with Gasteiger partial charge in [-0.05, 0) is 43.7 Å². The zero-order valence-electron chi connectivity index (χ0n) is 14.9. The predicted octanol–water partition coefficient (Wildman–Crippen LogP) is 2.89. The summed E-state index contributed by atoms with van der Waals surface area (Å²) in [5.41, 5.74) is 0. The van der Waals surface area contributed by atoms with Crippen molar-refractivity contribution in [3.63, 3.8) is 0 Å². The Bertz CT molecular complexity index is 722. The van der Waals surface area contributed by atoms with Crippen LogP contribution in [-0.4, -0.2) is 37.0 Å². The molecular weight excluding hydrogens is 336 g/mol. The number of carbonyl (C=O) groups is 2. The summed E-state index contributed by atoms with van der Waals surface area (Å²) in [6.07, 6.45) is 6.03. The van der Waals surface area contributed by atoms with Crippen molar-refractivity contribution < 1.29 is 23.2 Å². The Labute approximate surface area is 152 Å². The van der Waals surface area contributed by atoms with Crippen molar-refractivity contribution in [2.75, 3.05) is 20.2 Å². The Morgan fingerprint density at radius 2 is 2.15 bits per heavy atom. The molecule has 0 aromatic carbocycles. The number of amides is 1. The number of ether oxygens (including phenoxy) is 1. The summed E-state index contributed by atoms with van der Waals surface area (Å²) in [5, 5.41) is 2.85. The number of methoxy groups -OCH3 is 1. The van der Waals surface area contributed by atoms with E-state index in [1.165, 1.54) is 13.2 Å². The minimum Gasteiger partial charge on any atom is -0.468 e. The van der Waals surface area contributed by atoms with Crippen molar-refractivity contribution in [1.29, 1.82) is 0 Å². The van der Waals surface area contributed by atoms with Gasteiger partial charge in [0.15, 0.2) is 0 Å². The Morgan fingerprint density at radius 1 is 1.27 bits per heavy atom. The van der Waals surface area contributed by atoms with E-state index >= 15 is 0 Å². The fraction of sp³-hybridized carbons (Fsp3) is 0.474. The maximum absolute atomic E-state index is 12.4. The monoisotopic (exact) mass is 360 g/mol. The van der Waals surface area contributed by atoms with Crippen LogP contribution in [0.25, 0.3) is 0 Å². The first kappa shape index (κ1) is 18.3. The van der Waals surface area contributed by atoms with Crippen molar-refractivity contribution in [3.05, 3.63) is 47.8 Å². The molecule has 0 bridgehead atoms. The highest BCUT2D eigenvalue weighted by atomic mass is 16.5. The van der Waals surface area contributed by atoms with E-state index in [4.69, 9.17) is 8.83 Å². The third kappa shape index (κ3) is 4.54. The average Bonchev–Trinajstić information content (AvgIpc) is 3.29. The molecule has 1 N–H and O–H groups in total. The topological polar surface area (TPSA) is 84.9 Å². The molecule has 140 valence electrons. The third-order valence-electron chi connectivity index (χ3n) is 4.59. The molecule has 0 aliphatic carbocycles. The molecule has 1 amide bonds. The van der Waals surface area contributed by atoms with Crippen molar-refractivity contribution in [2.24, 2.45) is 0 Å². The van der Waals surface area contributed by atoms with Crippen molar-refractivity contribution in [2.45, 2.75) is 38.3 Å². The molecule has 0 unspecified atom stereocenters. The Balaban J connectivity index is 1.55. The van der Waals surface area contributed by atoms with Gasteiger partial charge >= 0.3 is 5.97 Å². The molecule has 0 saturated carbocycles. The summed E-state index contributed by atoms with van der Waals surface area (Å²) in [5.74, 6) is 0.931. The van der Waals surface area contributed by atoms with E-state index in [9.17, 15) is 9.59 Å². The van der Waals surface area contributed by atoms with Gasteiger partial charge in [-0.3, -0.25) is 9.69 Å². The van der Waals surface area contributed by atoms with Gasteiger partial charge < -0.3 is 18.9 Å². The number of nitrogens with zero attached hydrogens (tertiary/aromatic N) is 1. The van der Waals surface area contributed by atoms with Gasteiger partial charge in [0.05, 0.1) is 32.5 Å². The number of carbonyl (C=O) groups excluding carboxylic acids is 2. The fourth-order valence-electron chi connectivity index (χ4n) is 3.27. The second-order valence-corrected chi connectivity index (χ2v) is 6.39. The molecule has 1 aliphatic rings. The summed E-state index contributed by atoms with van der Waals surface area (Å²) in [4.78, 5) is 26.0. The summed E-state index contributed by atoms with van der Waals surface area (Å²) in [6.45, 7) is 1.40. The van der Waals surface area contributed by atoms with Gasteiger partial charge in [0, 0.05) is 0 Å². The quantitative estimate of drug-likeness (QED) is 0.798. The van der Waals surface area contributed by atoms with Gasteiger partial charge in [-0.15, -0.1) is 0 Å². The van der Waals surface area contributed by atoms with Crippen LogP contribution in [0.3, 0.4) is 0 Å². The lowest BCUT2D eigenvalue weighted by atomic mass is 10.1. The smallest absolute Gasteiger partial charge is 0.373 e. The molecule has 2 aromatic heterocycles. The van der Waals surface area contributed by atoms with E-state index in [2.05, 4.69) is 15.0 Å². The van der Waals surface area contributed by atoms with Crippen LogP contribution in [0, 0.1) is 0 Å². The largest absolute Gasteiger partial charge is 0.468 e. The van der Waals surface area contributed by atoms with E-state index in [-0.39, 0.29) is 24.3 Å². The molecule has 3 heterocycles. The van der Waals surface area contributed by atoms with Gasteiger partial charge in [0.25, 0.3) is 0 Å². The summed E-state index contributed by atoms with van der Waals surface area (Å²) >= 11 is 0. The number of hydrogen-bond acceptors (Lipinski definition) is 6. The van der Waals surface area contributed by atoms with Gasteiger partial charge in [-0.1, -0.05) is 12.8 Å². The van der Waals surface area contributed by atoms with Gasteiger partial charge in [0.1, 0.15) is 11.5 Å². The van der Waals surface area contributed by atoms with Crippen molar-refractivity contribution in [1.82, 2.24) is 10.2 Å². The van der Waals surface area contributed by atoms with Crippen LogP contribution < -0.4 is 5.32 Å². The van der Waals surface area contributed by atoms with E-state index in [1.807, 2.05) is 12.1 Å². The fourth-order valence-corrected chi connectivity index (χ4v) is 3.27. The normalized spacial score (nSPS) is 18.3. The second kappa shape index (κ2) is 8.71. The average molecular weight is 360 g/mol. The van der Waals surface area contributed by atoms with E-state index < -0.39 is 5.97 Å². The van der Waals surface area contributed by atoms with E-state index in [0.29, 0.717) is 12.3 Å². The number of likely N-dealkylation sites (tertiary alicyclic amines) is 1. The third-order valence-corrected chi connectivity index (χ3v) is 4.59. The van der Waals surface area contributed by atoms with Crippen LogP contribution in [0.1, 0.15) is 53.8 Å². The number of furan rings is 2. The Hall–Kier alpha value is -2.54. The molecule has 1 aliphatic heterocycles. The first-order valence-corrected chi connectivity index (χ1v) is 8.88. The maximum atomic E-state index is 12.4. The van der Waals surface area contributed by atoms with E-state index in [0.717, 1.165) is 38.0 Å². The lowest BCUT2D eigenvalue weighted by molar-refractivity contribution is -0.123. The number of nitrogens with one attached hydrogen (secondary N) is 1. The molecule has 0 radical (unpaired) electrons. The van der Waals surface area contributed by atoms with Crippen LogP contribution in [-0.2, 0) is 16.1 Å². The molecule has 26 heavy (non-hydrogen) atoms. The van der Waals surface area contributed by atoms with Crippen molar-refractivity contribution >= 4 is 11.9 Å². The van der Waals surface area contributed by atoms with Crippen LogP contribution in [0.4, 0.5) is 0 Å². The molecular formula is C19H24N2O5. The number of rotatable bonds is 6. The Kier molecular flexibility index (Phi) is 6.12. The van der Waals surface area contributed by atoms with E-state index in [1.54, 1.807) is 12.3 Å². The minimum absolute atomic E-state index is 0.0838. The molecule has 7 heteroatoms. The molecule has 7 nitrogen and oxygen atoms in total. The maximum Gasteiger partial charge on any atom is 0.373 e. The minimum atomic E-state index is -0.534. The number of hydrogen-bond donors (Lipinski definition) is 1. The van der Waals surface area contributed by atoms with Gasteiger partial charge in [-0.2, -0.15) is 0 Å². The van der Waals surface area contributed by atoms with Crippen LogP contribution >= 0.6 is 0 Å². The predicted molar refractivity (Wildman–Crippen MR) is 93.4 cm³/mol. The molecule has 3 rings (SSSR count). The van der Waals surface area contributed by atoms with Gasteiger partial charge in [-0.25, -0.2) is 4.79 Å². The summed E-state index contributed by atoms with van der Waals surface area (Å²) < 4.78 is 15.5. The highest BCUT2D eigenvalue weighted by Crippen LogP contribution is 2.30. The van der Waals surface area contributed by atoms with Gasteiger partial charge in [0.2, 0.25) is 11.7 Å². The zero-order chi connectivity index (χ0) is 18.4. The Morgan fingerprint density at radius 3 is 2.92 bits per heavy atom. The summed E-state index contributed by atoms with van der Waals surface area (Å²) in [7, 11) is 1.29. The molecule has 1 saturated heterocycles. The van der Waals surface area contributed by atoms with Crippen LogP contribution in [0.15, 0.2) is 39.4 Å². The lowest BCUT2D eigenvalue weighted by Crippen LogP contribution is -2.39. The first-order valence-electron chi connectivity index (χ1n) is 8.88. The molecule has 1 atom stereocenters. The highest BCUT2D eigenvalue weighted by molar-refractivity contribution is 5.86. The SMILES string of the molecule is COC(=O)c1ccc(CNC(=O)CN2CCCCC[C@@H]2c2ccco2)o1. The van der Waals surface area contributed by atoms with Crippen LogP contribution in [0.2, 0.25) is 0 Å². The summed E-state index contributed by atoms with van der Waals surface area (Å²) in [6, 6.07) is 7.18. The molecule has 1 fully saturated rings. The first-order chi connectivity index (χ1) is 12.7. The molecule has 2 aromatic rings. The zero-order valence-corrected chi connectivity index (χ0v) is 14.9. The van der Waals surface area contributed by atoms with Crippen molar-refractivity contribution in [3.8, 4) is 0 Å². The molecule has 0 spiro atoms. The highest BCUT2D eigenvalue weighted by Gasteiger charge is 2.26. The van der Waals surface area contributed by atoms with Crippen LogP contribution in [0.5, 0.6) is 0 Å². The lowest BCUT2D eigenvalue weighted by Gasteiger charge is -2.27. The standard InChI is InChI=1S/C19H24N2O5/c1-24-19(23)17-9-8-14(26-17)12-20-18(22)13-21-10-4-2-3-6-15(21)16-7-5-11-25-16/h5,7-9,11,15H,2-4,6,10,12-13H2,1H3,(H,20,22)/t15-/m1/s1.